The van der Waals surface area contributed by atoms with Crippen molar-refractivity contribution in [1.82, 2.24) is 0 Å². The first-order valence-electron chi connectivity index (χ1n) is 4.99. The van der Waals surface area contributed by atoms with E-state index in [4.69, 9.17) is 16.0 Å². The fourth-order valence-corrected chi connectivity index (χ4v) is 1.95. The molecule has 0 saturated carbocycles. The third-order valence-electron chi connectivity index (χ3n) is 2.50. The minimum absolute atomic E-state index is 0.532. The Balaban J connectivity index is 2.60. The Hall–Kier alpha value is -0.990. The smallest absolute Gasteiger partial charge is 0.137 e. The highest BCUT2D eigenvalue weighted by Gasteiger charge is 2.12. The molecule has 15 heavy (non-hydrogen) atoms. The highest BCUT2D eigenvalue weighted by molar-refractivity contribution is 6.31. The van der Waals surface area contributed by atoms with Crippen LogP contribution in [0.3, 0.4) is 0 Å². The van der Waals surface area contributed by atoms with Crippen LogP contribution in [0.5, 0.6) is 0 Å². The SMILES string of the molecule is CCC(O)c1cc2cc(Cl)cc(C)c2o1. The van der Waals surface area contributed by atoms with Crippen LogP contribution in [0.4, 0.5) is 0 Å². The maximum atomic E-state index is 9.66. The van der Waals surface area contributed by atoms with E-state index in [1.165, 1.54) is 0 Å². The largest absolute Gasteiger partial charge is 0.458 e. The van der Waals surface area contributed by atoms with Crippen LogP contribution in [0.1, 0.15) is 30.8 Å². The number of fused-ring (bicyclic) bond motifs is 1. The van der Waals surface area contributed by atoms with Crippen LogP contribution in [-0.4, -0.2) is 5.11 Å². The summed E-state index contributed by atoms with van der Waals surface area (Å²) in [6.07, 6.45) is 0.114. The van der Waals surface area contributed by atoms with Crippen molar-refractivity contribution >= 4 is 22.6 Å². The van der Waals surface area contributed by atoms with Gasteiger partial charge in [0.05, 0.1) is 0 Å². The van der Waals surface area contributed by atoms with Crippen LogP contribution in [-0.2, 0) is 0 Å². The molecule has 0 bridgehead atoms. The second kappa shape index (κ2) is 3.87. The lowest BCUT2D eigenvalue weighted by Crippen LogP contribution is -1.91. The first kappa shape index (κ1) is 10.5. The third kappa shape index (κ3) is 1.87. The van der Waals surface area contributed by atoms with E-state index in [9.17, 15) is 5.11 Å². The topological polar surface area (TPSA) is 33.4 Å². The van der Waals surface area contributed by atoms with Crippen molar-refractivity contribution in [2.45, 2.75) is 26.4 Å². The molecule has 80 valence electrons. The van der Waals surface area contributed by atoms with Crippen LogP contribution < -0.4 is 0 Å². The third-order valence-corrected chi connectivity index (χ3v) is 2.72. The van der Waals surface area contributed by atoms with E-state index in [1.54, 1.807) is 0 Å². The Bertz CT molecular complexity index is 488. The van der Waals surface area contributed by atoms with Gasteiger partial charge in [0.25, 0.3) is 0 Å². The molecule has 2 rings (SSSR count). The van der Waals surface area contributed by atoms with Crippen LogP contribution in [0.2, 0.25) is 5.02 Å². The molecule has 0 aliphatic heterocycles. The molecule has 0 aliphatic carbocycles. The zero-order valence-corrected chi connectivity index (χ0v) is 9.51. The van der Waals surface area contributed by atoms with Gasteiger partial charge in [-0.2, -0.15) is 0 Å². The van der Waals surface area contributed by atoms with Gasteiger partial charge in [-0.05, 0) is 37.1 Å². The highest BCUT2D eigenvalue weighted by atomic mass is 35.5. The minimum atomic E-state index is -0.532. The second-order valence-corrected chi connectivity index (χ2v) is 4.15. The van der Waals surface area contributed by atoms with Crippen molar-refractivity contribution in [2.24, 2.45) is 0 Å². The van der Waals surface area contributed by atoms with E-state index in [1.807, 2.05) is 32.0 Å². The van der Waals surface area contributed by atoms with Gasteiger partial charge in [-0.15, -0.1) is 0 Å². The Morgan fingerprint density at radius 2 is 2.13 bits per heavy atom. The first-order valence-corrected chi connectivity index (χ1v) is 5.37. The fourth-order valence-electron chi connectivity index (χ4n) is 1.67. The van der Waals surface area contributed by atoms with Crippen LogP contribution in [0, 0.1) is 6.92 Å². The standard InChI is InChI=1S/C12H13ClO2/c1-3-10(14)11-6-8-5-9(13)4-7(2)12(8)15-11/h4-6,10,14H,3H2,1-2H3. The van der Waals surface area contributed by atoms with Gasteiger partial charge in [-0.25, -0.2) is 0 Å². The van der Waals surface area contributed by atoms with Gasteiger partial charge < -0.3 is 9.52 Å². The minimum Gasteiger partial charge on any atom is -0.458 e. The zero-order chi connectivity index (χ0) is 11.0. The number of halogens is 1. The number of rotatable bonds is 2. The van der Waals surface area contributed by atoms with Crippen molar-refractivity contribution < 1.29 is 9.52 Å². The van der Waals surface area contributed by atoms with Crippen molar-refractivity contribution in [2.75, 3.05) is 0 Å². The monoisotopic (exact) mass is 224 g/mol. The van der Waals surface area contributed by atoms with Gasteiger partial charge in [0.1, 0.15) is 17.4 Å². The molecule has 1 atom stereocenters. The Labute approximate surface area is 93.5 Å². The van der Waals surface area contributed by atoms with Crippen molar-refractivity contribution in [3.8, 4) is 0 Å². The summed E-state index contributed by atoms with van der Waals surface area (Å²) in [6.45, 7) is 3.86. The van der Waals surface area contributed by atoms with E-state index in [-0.39, 0.29) is 0 Å². The Morgan fingerprint density at radius 1 is 1.40 bits per heavy atom. The number of aryl methyl sites for hydroxylation is 1. The lowest BCUT2D eigenvalue weighted by Gasteiger charge is -2.01. The van der Waals surface area contributed by atoms with Gasteiger partial charge in [0, 0.05) is 10.4 Å². The fraction of sp³-hybridized carbons (Fsp3) is 0.333. The molecule has 1 unspecified atom stereocenters. The normalized spacial score (nSPS) is 13.3. The van der Waals surface area contributed by atoms with Crippen molar-refractivity contribution in [3.05, 3.63) is 34.5 Å². The Kier molecular flexibility index (Phi) is 2.72. The van der Waals surface area contributed by atoms with E-state index in [0.717, 1.165) is 16.5 Å². The summed E-state index contributed by atoms with van der Waals surface area (Å²) in [7, 11) is 0. The van der Waals surface area contributed by atoms with Gasteiger partial charge in [-0.3, -0.25) is 0 Å². The number of aliphatic hydroxyl groups is 1. The zero-order valence-electron chi connectivity index (χ0n) is 8.75. The lowest BCUT2D eigenvalue weighted by atomic mass is 10.1. The molecule has 0 aliphatic rings. The van der Waals surface area contributed by atoms with Gasteiger partial charge in [0.2, 0.25) is 0 Å². The van der Waals surface area contributed by atoms with E-state index < -0.39 is 6.10 Å². The van der Waals surface area contributed by atoms with Crippen LogP contribution >= 0.6 is 11.6 Å². The summed E-state index contributed by atoms with van der Waals surface area (Å²) in [5.41, 5.74) is 1.80. The first-order chi connectivity index (χ1) is 7.11. The molecule has 2 nitrogen and oxygen atoms in total. The summed E-state index contributed by atoms with van der Waals surface area (Å²) in [4.78, 5) is 0. The number of hydrogen-bond donors (Lipinski definition) is 1. The predicted octanol–water partition coefficient (Wildman–Crippen LogP) is 3.84. The molecular formula is C12H13ClO2. The van der Waals surface area contributed by atoms with Gasteiger partial charge in [0.15, 0.2) is 0 Å². The van der Waals surface area contributed by atoms with Gasteiger partial charge in [-0.1, -0.05) is 18.5 Å². The molecule has 0 radical (unpaired) electrons. The predicted molar refractivity (Wildman–Crippen MR) is 61.2 cm³/mol. The molecule has 2 aromatic rings. The molecule has 1 N–H and O–H groups in total. The van der Waals surface area contributed by atoms with E-state index in [2.05, 4.69) is 0 Å². The molecule has 0 amide bonds. The quantitative estimate of drug-likeness (QED) is 0.841. The number of aliphatic hydroxyl groups excluding tert-OH is 1. The summed E-state index contributed by atoms with van der Waals surface area (Å²) < 4.78 is 5.60. The van der Waals surface area contributed by atoms with Crippen LogP contribution in [0.15, 0.2) is 22.6 Å². The summed E-state index contributed by atoms with van der Waals surface area (Å²) >= 11 is 5.94. The summed E-state index contributed by atoms with van der Waals surface area (Å²) in [6, 6.07) is 5.55. The van der Waals surface area contributed by atoms with Crippen molar-refractivity contribution in [1.29, 1.82) is 0 Å². The van der Waals surface area contributed by atoms with E-state index in [0.29, 0.717) is 17.2 Å². The second-order valence-electron chi connectivity index (χ2n) is 3.71. The highest BCUT2D eigenvalue weighted by Crippen LogP contribution is 2.30. The number of hydrogen-bond acceptors (Lipinski definition) is 2. The summed E-state index contributed by atoms with van der Waals surface area (Å²) in [5.74, 6) is 0.609. The summed E-state index contributed by atoms with van der Waals surface area (Å²) in [5, 5.41) is 11.3. The molecule has 0 spiro atoms. The van der Waals surface area contributed by atoms with Crippen molar-refractivity contribution in [3.63, 3.8) is 0 Å². The number of furan rings is 1. The van der Waals surface area contributed by atoms with E-state index >= 15 is 0 Å². The maximum absolute atomic E-state index is 9.66. The molecule has 1 heterocycles. The Morgan fingerprint density at radius 3 is 2.80 bits per heavy atom. The molecule has 3 heteroatoms. The molecule has 0 fully saturated rings. The molecule has 1 aromatic heterocycles. The molecular weight excluding hydrogens is 212 g/mol. The van der Waals surface area contributed by atoms with Crippen LogP contribution in [0.25, 0.3) is 11.0 Å². The van der Waals surface area contributed by atoms with Gasteiger partial charge >= 0.3 is 0 Å². The average Bonchev–Trinajstić information content (AvgIpc) is 2.60. The lowest BCUT2D eigenvalue weighted by molar-refractivity contribution is 0.148. The maximum Gasteiger partial charge on any atom is 0.137 e. The molecule has 0 saturated heterocycles. The average molecular weight is 225 g/mol. The molecule has 1 aromatic carbocycles. The number of benzene rings is 1.